The van der Waals surface area contributed by atoms with Crippen LogP contribution in [0, 0.1) is 0 Å². The maximum Gasteiger partial charge on any atom is 0.0409 e. The summed E-state index contributed by atoms with van der Waals surface area (Å²) in [5, 5.41) is 91.2. The molecule has 0 aromatic heterocycles. The zero-order chi connectivity index (χ0) is 39.9. The topological polar surface area (TPSA) is 0 Å². The van der Waals surface area contributed by atoms with Gasteiger partial charge >= 0.3 is 0 Å². The molecule has 2 atom stereocenters. The number of hydrogen-bond acceptors (Lipinski definition) is 0. The first-order valence-electron chi connectivity index (χ1n) is 25.7. The Morgan fingerprint density at radius 1 is 0.162 bits per heavy atom. The highest BCUT2D eigenvalue weighted by Crippen LogP contribution is 2.85. The molecule has 0 aliphatic heterocycles. The fourth-order valence-corrected chi connectivity index (χ4v) is 25.7. The molecule has 5 aliphatic carbocycles. The predicted molar refractivity (Wildman–Crippen MR) is 288 cm³/mol. The van der Waals surface area contributed by atoms with E-state index in [2.05, 4.69) is 24.3 Å². The lowest BCUT2D eigenvalue weighted by Crippen LogP contribution is -2.55. The van der Waals surface area contributed by atoms with Gasteiger partial charge in [0.25, 0.3) is 0 Å². The summed E-state index contributed by atoms with van der Waals surface area (Å²) in [7, 11) is 0. The molecule has 2 spiro atoms. The van der Waals surface area contributed by atoms with E-state index in [0.717, 1.165) is 12.8 Å². The Balaban J connectivity index is 1.22. The molecule has 280 valence electrons. The summed E-state index contributed by atoms with van der Waals surface area (Å²) in [5.41, 5.74) is 10.1. The molecule has 29 aromatic carbocycles. The standard InChI is InChI=1S/C68H8/c1-2-4-8-6-68-64-57-50-38-30-21-12-10-9-11-15(12)24-31-29-20(11)22-18-13(9)16-17-14(10)19-23(21)36(38)44-42-28(19)26(17)34-33-25(16)27(18)41-43-35(22)37(29)49-51-39(31)40(32(24)30)52(50)61(64)60(51)63-56(49)54(43)58-47(41)45(33)53-46(34)48(42)59(55(44)57)66(68)62(53)65(58)67(63,68)5-7(8)3-1/h1-4H,5-6H2. The summed E-state index contributed by atoms with van der Waals surface area (Å²) in [6, 6.07) is 9.93. The van der Waals surface area contributed by atoms with Crippen LogP contribution >= 0.6 is 0 Å². The van der Waals surface area contributed by atoms with Crippen molar-refractivity contribution in [3.05, 3.63) is 57.6 Å². The molecule has 0 radical (unpaired) electrons. The lowest BCUT2D eigenvalue weighted by molar-refractivity contribution is 0.306. The Hall–Kier alpha value is -8.32. The summed E-state index contributed by atoms with van der Waals surface area (Å²) in [6.45, 7) is 0. The van der Waals surface area contributed by atoms with Crippen molar-refractivity contribution in [3.8, 4) is 0 Å². The third kappa shape index (κ3) is 1.25. The summed E-state index contributed by atoms with van der Waals surface area (Å²) in [6.07, 6.45) is 2.22. The lowest BCUT2D eigenvalue weighted by atomic mass is 9.45. The Bertz CT molecular complexity index is 7050. The van der Waals surface area contributed by atoms with Crippen LogP contribution < -0.4 is 0 Å². The van der Waals surface area contributed by atoms with Crippen molar-refractivity contribution in [2.45, 2.75) is 23.7 Å². The van der Waals surface area contributed by atoms with Crippen LogP contribution in [0.4, 0.5) is 0 Å². The van der Waals surface area contributed by atoms with Crippen molar-refractivity contribution < 1.29 is 0 Å². The SMILES string of the molecule is c1ccc2c(c1)CC13c4c5c6c7c8c9c(c%10c%11c1c1c%12c4c4c%13c5c5c7c7c8c8c%14c9c%10c9c%10c%11c1c1c%11c%12c4c4c%12c%13c5c5c7c7c8c8c%14c9c9c%10c1c1c%11c4c4c%12c5c7c5c8c9c1c45)C63C2. The quantitative estimate of drug-likeness (QED) is 0.134. The summed E-state index contributed by atoms with van der Waals surface area (Å²) in [5.74, 6) is 0. The second-order valence-electron chi connectivity index (χ2n) is 25.7. The van der Waals surface area contributed by atoms with Gasteiger partial charge in [0.2, 0.25) is 0 Å². The van der Waals surface area contributed by atoms with E-state index in [-0.39, 0.29) is 10.8 Å². The maximum atomic E-state index is 2.58. The fourth-order valence-electron chi connectivity index (χ4n) is 25.7. The van der Waals surface area contributed by atoms with Crippen molar-refractivity contribution in [2.24, 2.45) is 0 Å². The van der Waals surface area contributed by atoms with Gasteiger partial charge in [0.1, 0.15) is 0 Å². The third-order valence-electron chi connectivity index (χ3n) is 25.7. The van der Waals surface area contributed by atoms with Crippen molar-refractivity contribution in [1.82, 2.24) is 0 Å². The number of benzene rings is 18. The second-order valence-corrected chi connectivity index (χ2v) is 25.7. The third-order valence-corrected chi connectivity index (χ3v) is 25.7. The number of fused-ring (bicyclic) bond motifs is 1. The molecular formula is C68H8. The Morgan fingerprint density at radius 2 is 0.294 bits per heavy atom. The Kier molecular flexibility index (Phi) is 1.95. The van der Waals surface area contributed by atoms with Crippen LogP contribution in [0.5, 0.6) is 0 Å². The Labute approximate surface area is 370 Å². The van der Waals surface area contributed by atoms with Gasteiger partial charge in [-0.05, 0) is 337 Å². The van der Waals surface area contributed by atoms with Gasteiger partial charge in [-0.25, -0.2) is 0 Å². The Morgan fingerprint density at radius 3 is 0.500 bits per heavy atom. The normalized spacial score (nSPS) is 22.7. The molecule has 2 unspecified atom stereocenters. The van der Waals surface area contributed by atoms with Crippen molar-refractivity contribution in [2.75, 3.05) is 0 Å². The largest absolute Gasteiger partial charge is 0.0620 e. The van der Waals surface area contributed by atoms with Crippen molar-refractivity contribution in [3.63, 3.8) is 0 Å². The minimum atomic E-state index is -0.174. The highest BCUT2D eigenvalue weighted by atomic mass is 14.7. The van der Waals surface area contributed by atoms with E-state index in [4.69, 9.17) is 0 Å². The molecule has 0 nitrogen and oxygen atoms in total. The smallest absolute Gasteiger partial charge is 0.0409 e. The van der Waals surface area contributed by atoms with Crippen LogP contribution in [0.3, 0.4) is 0 Å². The first kappa shape index (κ1) is 24.4. The molecule has 0 N–H and O–H groups in total. The molecule has 29 aromatic rings. The van der Waals surface area contributed by atoms with Crippen LogP contribution in [-0.2, 0) is 23.7 Å². The fraction of sp³-hybridized carbons (Fsp3) is 0.0588. The zero-order valence-electron chi connectivity index (χ0n) is 34.7. The lowest BCUT2D eigenvalue weighted by Gasteiger charge is -2.56. The molecule has 34 rings (SSSR count). The predicted octanol–water partition coefficient (Wildman–Crippen LogP) is 18.1. The van der Waals surface area contributed by atoms with Crippen LogP contribution in [-0.4, -0.2) is 0 Å². The van der Waals surface area contributed by atoms with Crippen LogP contribution in [0.2, 0.25) is 0 Å². The maximum absolute atomic E-state index is 2.58. The van der Waals surface area contributed by atoms with Crippen LogP contribution in [0.15, 0.2) is 24.3 Å². The van der Waals surface area contributed by atoms with Crippen molar-refractivity contribution in [1.29, 1.82) is 0 Å². The van der Waals surface area contributed by atoms with Gasteiger partial charge in [-0.1, -0.05) is 24.3 Å². The van der Waals surface area contributed by atoms with E-state index in [9.17, 15) is 0 Å². The molecule has 0 amide bonds. The second kappa shape index (κ2) is 5.43. The van der Waals surface area contributed by atoms with E-state index in [1.165, 1.54) is 0 Å². The average molecular weight is 825 g/mol. The van der Waals surface area contributed by atoms with E-state index in [1.807, 2.05) is 22.3 Å². The number of rotatable bonds is 0. The van der Waals surface area contributed by atoms with Gasteiger partial charge in [-0.15, -0.1) is 0 Å². The van der Waals surface area contributed by atoms with Gasteiger partial charge in [0.15, 0.2) is 0 Å². The van der Waals surface area contributed by atoms with Gasteiger partial charge < -0.3 is 0 Å². The van der Waals surface area contributed by atoms with E-state index < -0.39 is 0 Å². The van der Waals surface area contributed by atoms with Crippen LogP contribution in [0.1, 0.15) is 33.4 Å². The van der Waals surface area contributed by atoms with Gasteiger partial charge in [-0.3, -0.25) is 0 Å². The minimum Gasteiger partial charge on any atom is -0.0620 e. The molecule has 0 fully saturated rings. The molecule has 0 bridgehead atoms. The van der Waals surface area contributed by atoms with Gasteiger partial charge in [-0.2, -0.15) is 0 Å². The molecular weight excluding hydrogens is 817 g/mol. The van der Waals surface area contributed by atoms with Gasteiger partial charge in [0.05, 0.1) is 0 Å². The highest BCUT2D eigenvalue weighted by molar-refractivity contribution is 6.82. The highest BCUT2D eigenvalue weighted by Gasteiger charge is 2.71. The van der Waals surface area contributed by atoms with Crippen LogP contribution in [0.25, 0.3) is 291 Å². The molecule has 0 saturated carbocycles. The average Bonchev–Trinajstić information content (AvgIpc) is 4.21. The van der Waals surface area contributed by atoms with Crippen molar-refractivity contribution >= 4 is 291 Å². The molecule has 5 aliphatic rings. The summed E-state index contributed by atoms with van der Waals surface area (Å²) < 4.78 is 0. The summed E-state index contributed by atoms with van der Waals surface area (Å²) in [4.78, 5) is 0. The van der Waals surface area contributed by atoms with E-state index in [1.54, 1.807) is 302 Å². The van der Waals surface area contributed by atoms with E-state index in [0.29, 0.717) is 0 Å². The molecule has 0 heteroatoms. The first-order valence-corrected chi connectivity index (χ1v) is 25.7. The minimum absolute atomic E-state index is 0.174. The number of hydrogen-bond donors (Lipinski definition) is 0. The molecule has 68 heavy (non-hydrogen) atoms. The monoisotopic (exact) mass is 824 g/mol. The van der Waals surface area contributed by atoms with Gasteiger partial charge in [0, 0.05) is 10.8 Å². The summed E-state index contributed by atoms with van der Waals surface area (Å²) >= 11 is 0. The van der Waals surface area contributed by atoms with E-state index >= 15 is 0 Å². The molecule has 0 saturated heterocycles. The molecule has 0 heterocycles. The zero-order valence-corrected chi connectivity index (χ0v) is 34.7. The first-order chi connectivity index (χ1) is 33.9.